The Morgan fingerprint density at radius 3 is 2.78 bits per heavy atom. The van der Waals surface area contributed by atoms with Crippen molar-refractivity contribution < 1.29 is 4.74 Å². The van der Waals surface area contributed by atoms with Gasteiger partial charge in [-0.3, -0.25) is 9.89 Å². The zero-order valence-electron chi connectivity index (χ0n) is 13.9. The van der Waals surface area contributed by atoms with Crippen molar-refractivity contribution in [2.75, 3.05) is 39.8 Å². The van der Waals surface area contributed by atoms with Gasteiger partial charge in [0.15, 0.2) is 5.96 Å². The summed E-state index contributed by atoms with van der Waals surface area (Å²) in [7, 11) is 1.85. The van der Waals surface area contributed by atoms with Crippen LogP contribution in [0.5, 0.6) is 0 Å². The smallest absolute Gasteiger partial charge is 0.193 e. The molecule has 5 nitrogen and oxygen atoms in total. The number of nitrogens with zero attached hydrogens (tertiary/aromatic N) is 3. The van der Waals surface area contributed by atoms with Crippen LogP contribution >= 0.6 is 24.0 Å². The van der Waals surface area contributed by atoms with E-state index in [9.17, 15) is 0 Å². The van der Waals surface area contributed by atoms with Crippen molar-refractivity contribution in [1.29, 1.82) is 0 Å². The third kappa shape index (κ3) is 4.36. The average Bonchev–Trinajstić information content (AvgIpc) is 2.98. The van der Waals surface area contributed by atoms with Gasteiger partial charge in [-0.25, -0.2) is 0 Å². The van der Waals surface area contributed by atoms with Gasteiger partial charge in [0.25, 0.3) is 0 Å². The van der Waals surface area contributed by atoms with E-state index < -0.39 is 0 Å². The van der Waals surface area contributed by atoms with Crippen molar-refractivity contribution in [3.8, 4) is 0 Å². The Morgan fingerprint density at radius 1 is 1.30 bits per heavy atom. The number of aliphatic imine (C=N–C) groups is 1. The molecule has 2 fully saturated rings. The van der Waals surface area contributed by atoms with E-state index in [0.717, 1.165) is 45.3 Å². The number of hydrogen-bond acceptors (Lipinski definition) is 3. The van der Waals surface area contributed by atoms with Crippen LogP contribution < -0.4 is 5.32 Å². The number of morpholine rings is 1. The molecule has 0 aliphatic carbocycles. The van der Waals surface area contributed by atoms with Gasteiger partial charge < -0.3 is 15.0 Å². The quantitative estimate of drug-likeness (QED) is 0.451. The van der Waals surface area contributed by atoms with Gasteiger partial charge in [0.1, 0.15) is 0 Å². The molecule has 2 heterocycles. The van der Waals surface area contributed by atoms with Crippen molar-refractivity contribution in [2.24, 2.45) is 4.99 Å². The zero-order valence-corrected chi connectivity index (χ0v) is 16.3. The van der Waals surface area contributed by atoms with Crippen molar-refractivity contribution in [1.82, 2.24) is 15.1 Å². The largest absolute Gasteiger partial charge is 0.373 e. The van der Waals surface area contributed by atoms with Gasteiger partial charge in [-0.2, -0.15) is 0 Å². The van der Waals surface area contributed by atoms with E-state index in [0.29, 0.717) is 6.04 Å². The average molecular weight is 430 g/mol. The normalized spacial score (nSPS) is 25.0. The Hall–Kier alpha value is -0.860. The molecule has 0 radical (unpaired) electrons. The lowest BCUT2D eigenvalue weighted by Gasteiger charge is -2.36. The van der Waals surface area contributed by atoms with Crippen LogP contribution in [0.1, 0.15) is 12.5 Å². The fourth-order valence-electron chi connectivity index (χ4n) is 3.44. The number of likely N-dealkylation sites (tertiary alicyclic amines) is 1. The summed E-state index contributed by atoms with van der Waals surface area (Å²) in [5, 5.41) is 3.35. The highest BCUT2D eigenvalue weighted by atomic mass is 127. The van der Waals surface area contributed by atoms with Crippen LogP contribution in [0.15, 0.2) is 35.3 Å². The molecule has 0 bridgehead atoms. The first-order chi connectivity index (χ1) is 10.8. The fourth-order valence-corrected chi connectivity index (χ4v) is 3.44. The first kappa shape index (κ1) is 18.5. The summed E-state index contributed by atoms with van der Waals surface area (Å²) in [5.41, 5.74) is 1.37. The topological polar surface area (TPSA) is 40.1 Å². The monoisotopic (exact) mass is 430 g/mol. The summed E-state index contributed by atoms with van der Waals surface area (Å²) in [6, 6.07) is 11.2. The molecule has 2 saturated heterocycles. The molecule has 2 unspecified atom stereocenters. The maximum Gasteiger partial charge on any atom is 0.193 e. The predicted molar refractivity (Wildman–Crippen MR) is 104 cm³/mol. The number of fused-ring (bicyclic) bond motifs is 1. The van der Waals surface area contributed by atoms with Crippen molar-refractivity contribution >= 4 is 29.9 Å². The summed E-state index contributed by atoms with van der Waals surface area (Å²) < 4.78 is 6.01. The Bertz CT molecular complexity index is 511. The molecule has 23 heavy (non-hydrogen) atoms. The predicted octanol–water partition coefficient (Wildman–Crippen LogP) is 1.78. The van der Waals surface area contributed by atoms with E-state index >= 15 is 0 Å². The second-order valence-electron chi connectivity index (χ2n) is 5.92. The van der Waals surface area contributed by atoms with E-state index in [2.05, 4.69) is 57.4 Å². The lowest BCUT2D eigenvalue weighted by Crippen LogP contribution is -2.50. The summed E-state index contributed by atoms with van der Waals surface area (Å²) >= 11 is 0. The van der Waals surface area contributed by atoms with E-state index in [-0.39, 0.29) is 30.1 Å². The van der Waals surface area contributed by atoms with Crippen molar-refractivity contribution in [3.63, 3.8) is 0 Å². The summed E-state index contributed by atoms with van der Waals surface area (Å²) in [4.78, 5) is 9.26. The number of guanidine groups is 1. The second-order valence-corrected chi connectivity index (χ2v) is 5.92. The minimum absolute atomic E-state index is 0. The van der Waals surface area contributed by atoms with Crippen LogP contribution in [0.2, 0.25) is 0 Å². The molecule has 1 aromatic rings. The summed E-state index contributed by atoms with van der Waals surface area (Å²) in [5.74, 6) is 0.986. The lowest BCUT2D eigenvalue weighted by molar-refractivity contribution is -0.0502. The molecule has 6 heteroatoms. The van der Waals surface area contributed by atoms with Crippen LogP contribution in [0.4, 0.5) is 0 Å². The summed E-state index contributed by atoms with van der Waals surface area (Å²) in [6.45, 7) is 7.73. The highest BCUT2D eigenvalue weighted by molar-refractivity contribution is 14.0. The molecule has 2 aliphatic heterocycles. The summed E-state index contributed by atoms with van der Waals surface area (Å²) in [6.07, 6.45) is 0.285. The number of hydrogen-bond donors (Lipinski definition) is 1. The van der Waals surface area contributed by atoms with E-state index in [4.69, 9.17) is 4.74 Å². The Kier molecular flexibility index (Phi) is 7.10. The molecule has 128 valence electrons. The van der Waals surface area contributed by atoms with Gasteiger partial charge in [-0.1, -0.05) is 30.3 Å². The molecule has 1 aromatic carbocycles. The van der Waals surface area contributed by atoms with E-state index in [1.807, 2.05) is 7.05 Å². The molecule has 0 saturated carbocycles. The SMILES string of the molecule is CCNC(=NC)N1CC2OCCN(Cc3ccccc3)C2C1.I. The first-order valence-corrected chi connectivity index (χ1v) is 8.17. The van der Waals surface area contributed by atoms with E-state index in [1.165, 1.54) is 5.56 Å². The zero-order chi connectivity index (χ0) is 15.4. The van der Waals surface area contributed by atoms with Crippen LogP contribution in [0.25, 0.3) is 0 Å². The van der Waals surface area contributed by atoms with Crippen LogP contribution in [0, 0.1) is 0 Å². The number of halogens is 1. The number of nitrogens with one attached hydrogen (secondary N) is 1. The lowest BCUT2D eigenvalue weighted by atomic mass is 10.1. The second kappa shape index (κ2) is 8.84. The van der Waals surface area contributed by atoms with E-state index in [1.54, 1.807) is 0 Å². The molecule has 3 rings (SSSR count). The first-order valence-electron chi connectivity index (χ1n) is 8.17. The molecular formula is C17H27IN4O. The highest BCUT2D eigenvalue weighted by Crippen LogP contribution is 2.24. The van der Waals surface area contributed by atoms with Gasteiger partial charge in [0.05, 0.1) is 18.8 Å². The minimum atomic E-state index is 0. The van der Waals surface area contributed by atoms with Crippen LogP contribution in [0.3, 0.4) is 0 Å². The maximum absolute atomic E-state index is 6.01. The minimum Gasteiger partial charge on any atom is -0.373 e. The molecule has 0 aromatic heterocycles. The van der Waals surface area contributed by atoms with Gasteiger partial charge in [-0.15, -0.1) is 24.0 Å². The standard InChI is InChI=1S/C17H26N4O.HI/c1-3-19-17(18-2)21-12-15-16(13-21)22-10-9-20(15)11-14-7-5-4-6-8-14;/h4-8,15-16H,3,9-13H2,1-2H3,(H,18,19);1H. The Morgan fingerprint density at radius 2 is 2.09 bits per heavy atom. The van der Waals surface area contributed by atoms with Gasteiger partial charge in [0.2, 0.25) is 0 Å². The third-order valence-electron chi connectivity index (χ3n) is 4.49. The fraction of sp³-hybridized carbons (Fsp3) is 0.588. The van der Waals surface area contributed by atoms with Crippen LogP contribution in [-0.2, 0) is 11.3 Å². The van der Waals surface area contributed by atoms with Gasteiger partial charge >= 0.3 is 0 Å². The molecule has 2 atom stereocenters. The molecule has 2 aliphatic rings. The number of benzene rings is 1. The third-order valence-corrected chi connectivity index (χ3v) is 4.49. The van der Waals surface area contributed by atoms with Crippen LogP contribution in [-0.4, -0.2) is 67.7 Å². The molecule has 1 N–H and O–H groups in total. The molecule has 0 spiro atoms. The molecular weight excluding hydrogens is 403 g/mol. The number of rotatable bonds is 3. The number of ether oxygens (including phenoxy) is 1. The Labute approximate surface area is 156 Å². The highest BCUT2D eigenvalue weighted by Gasteiger charge is 2.40. The van der Waals surface area contributed by atoms with Gasteiger partial charge in [-0.05, 0) is 12.5 Å². The van der Waals surface area contributed by atoms with Gasteiger partial charge in [0, 0.05) is 39.8 Å². The van der Waals surface area contributed by atoms with Crippen molar-refractivity contribution in [2.45, 2.75) is 25.6 Å². The Balaban J connectivity index is 0.00000192. The maximum atomic E-state index is 6.01. The molecule has 0 amide bonds. The van der Waals surface area contributed by atoms with Crippen molar-refractivity contribution in [3.05, 3.63) is 35.9 Å².